The second-order valence-electron chi connectivity index (χ2n) is 4.47. The molecule has 20 heavy (non-hydrogen) atoms. The normalized spacial score (nSPS) is 18.2. The van der Waals surface area contributed by atoms with Crippen LogP contribution in [0.1, 0.15) is 13.3 Å². The summed E-state index contributed by atoms with van der Waals surface area (Å²) in [5.74, 6) is -1.42. The van der Waals surface area contributed by atoms with Gasteiger partial charge in [-0.25, -0.2) is 4.39 Å². The summed E-state index contributed by atoms with van der Waals surface area (Å²) in [6.07, 6.45) is 0.0410. The molecule has 5 nitrogen and oxygen atoms in total. The number of halogens is 1. The molecule has 2 rings (SSSR count). The number of esters is 1. The van der Waals surface area contributed by atoms with Gasteiger partial charge in [-0.05, 0) is 19.1 Å². The molecule has 0 saturated carbocycles. The summed E-state index contributed by atoms with van der Waals surface area (Å²) in [5.41, 5.74) is 0.157. The molecular formula is C14H16FNO4. The minimum atomic E-state index is -0.546. The largest absolute Gasteiger partial charge is 0.494 e. The highest BCUT2D eigenvalue weighted by atomic mass is 19.1. The summed E-state index contributed by atoms with van der Waals surface area (Å²) in [6.45, 7) is 2.37. The fourth-order valence-corrected chi connectivity index (χ4v) is 2.23. The average Bonchev–Trinajstić information content (AvgIpc) is 2.80. The van der Waals surface area contributed by atoms with Crippen LogP contribution in [0.2, 0.25) is 0 Å². The number of benzene rings is 1. The van der Waals surface area contributed by atoms with Crippen LogP contribution in [0.15, 0.2) is 18.2 Å². The molecule has 6 heteroatoms. The van der Waals surface area contributed by atoms with Gasteiger partial charge in [0.2, 0.25) is 5.91 Å². The van der Waals surface area contributed by atoms with E-state index < -0.39 is 17.7 Å². The topological polar surface area (TPSA) is 55.8 Å². The number of hydrogen-bond acceptors (Lipinski definition) is 4. The first-order valence-corrected chi connectivity index (χ1v) is 6.37. The van der Waals surface area contributed by atoms with E-state index in [-0.39, 0.29) is 24.6 Å². The third kappa shape index (κ3) is 2.74. The Kier molecular flexibility index (Phi) is 4.22. The standard InChI is InChI=1S/C14H16FNO4/c1-3-20-10-4-5-12(11(15)7-10)16-8-9(6-13(16)17)14(18)19-2/h4-5,7,9H,3,6,8H2,1-2H3. The van der Waals surface area contributed by atoms with Crippen molar-refractivity contribution >= 4 is 17.6 Å². The molecular weight excluding hydrogens is 265 g/mol. The van der Waals surface area contributed by atoms with E-state index in [0.29, 0.717) is 12.4 Å². The quantitative estimate of drug-likeness (QED) is 0.789. The molecule has 108 valence electrons. The molecule has 1 aliphatic heterocycles. The highest BCUT2D eigenvalue weighted by Gasteiger charge is 2.36. The minimum absolute atomic E-state index is 0.0410. The number of amides is 1. The predicted molar refractivity (Wildman–Crippen MR) is 70.0 cm³/mol. The molecule has 0 bridgehead atoms. The smallest absolute Gasteiger partial charge is 0.311 e. The van der Waals surface area contributed by atoms with Crippen molar-refractivity contribution in [3.05, 3.63) is 24.0 Å². The van der Waals surface area contributed by atoms with Gasteiger partial charge in [0.25, 0.3) is 0 Å². The molecule has 1 heterocycles. The molecule has 0 N–H and O–H groups in total. The van der Waals surface area contributed by atoms with Gasteiger partial charge in [0.1, 0.15) is 5.75 Å². The third-order valence-corrected chi connectivity index (χ3v) is 3.18. The Hall–Kier alpha value is -2.11. The van der Waals surface area contributed by atoms with E-state index >= 15 is 0 Å². The van der Waals surface area contributed by atoms with Gasteiger partial charge in [-0.1, -0.05) is 0 Å². The van der Waals surface area contributed by atoms with Crippen LogP contribution in [0.3, 0.4) is 0 Å². The number of hydrogen-bond donors (Lipinski definition) is 0. The number of carbonyl (C=O) groups is 2. The second kappa shape index (κ2) is 5.90. The number of nitrogens with zero attached hydrogens (tertiary/aromatic N) is 1. The lowest BCUT2D eigenvalue weighted by molar-refractivity contribution is -0.145. The highest BCUT2D eigenvalue weighted by molar-refractivity contribution is 5.99. The Morgan fingerprint density at radius 2 is 2.25 bits per heavy atom. The number of anilines is 1. The lowest BCUT2D eigenvalue weighted by Gasteiger charge is -2.17. The molecule has 0 spiro atoms. The van der Waals surface area contributed by atoms with Crippen LogP contribution in [0.5, 0.6) is 5.75 Å². The van der Waals surface area contributed by atoms with Crippen molar-refractivity contribution in [3.8, 4) is 5.75 Å². The first-order chi connectivity index (χ1) is 9.56. The number of rotatable bonds is 4. The van der Waals surface area contributed by atoms with Gasteiger partial charge in [0.15, 0.2) is 5.82 Å². The maximum absolute atomic E-state index is 14.0. The molecule has 1 saturated heterocycles. The van der Waals surface area contributed by atoms with Gasteiger partial charge < -0.3 is 14.4 Å². The Morgan fingerprint density at radius 3 is 2.85 bits per heavy atom. The van der Waals surface area contributed by atoms with Crippen molar-refractivity contribution in [2.24, 2.45) is 5.92 Å². The summed E-state index contributed by atoms with van der Waals surface area (Å²) >= 11 is 0. The highest BCUT2D eigenvalue weighted by Crippen LogP contribution is 2.30. The second-order valence-corrected chi connectivity index (χ2v) is 4.47. The van der Waals surface area contributed by atoms with Crippen LogP contribution in [0.4, 0.5) is 10.1 Å². The van der Waals surface area contributed by atoms with Gasteiger partial charge in [-0.3, -0.25) is 9.59 Å². The average molecular weight is 281 g/mol. The van der Waals surface area contributed by atoms with Crippen LogP contribution in [0.25, 0.3) is 0 Å². The van der Waals surface area contributed by atoms with Crippen molar-refractivity contribution in [2.45, 2.75) is 13.3 Å². The van der Waals surface area contributed by atoms with Crippen molar-refractivity contribution in [3.63, 3.8) is 0 Å². The zero-order chi connectivity index (χ0) is 14.7. The van der Waals surface area contributed by atoms with Crippen molar-refractivity contribution < 1.29 is 23.5 Å². The van der Waals surface area contributed by atoms with Gasteiger partial charge in [0.05, 0.1) is 25.3 Å². The van der Waals surface area contributed by atoms with Crippen molar-refractivity contribution in [2.75, 3.05) is 25.2 Å². The van der Waals surface area contributed by atoms with Gasteiger partial charge >= 0.3 is 5.97 Å². The van der Waals surface area contributed by atoms with E-state index in [1.165, 1.54) is 24.1 Å². The molecule has 1 atom stereocenters. The summed E-state index contributed by atoms with van der Waals surface area (Å²) in [7, 11) is 1.27. The molecule has 1 aromatic carbocycles. The van der Waals surface area contributed by atoms with Crippen LogP contribution in [-0.2, 0) is 14.3 Å². The first-order valence-electron chi connectivity index (χ1n) is 6.37. The van der Waals surface area contributed by atoms with E-state index in [1.807, 2.05) is 0 Å². The van der Waals surface area contributed by atoms with Gasteiger partial charge in [-0.2, -0.15) is 0 Å². The van der Waals surface area contributed by atoms with E-state index in [0.717, 1.165) is 0 Å². The maximum Gasteiger partial charge on any atom is 0.311 e. The summed E-state index contributed by atoms with van der Waals surface area (Å²) < 4.78 is 23.8. The molecule has 1 aliphatic rings. The number of methoxy groups -OCH3 is 1. The lowest BCUT2D eigenvalue weighted by atomic mass is 10.1. The van der Waals surface area contributed by atoms with Crippen LogP contribution >= 0.6 is 0 Å². The third-order valence-electron chi connectivity index (χ3n) is 3.18. The zero-order valence-corrected chi connectivity index (χ0v) is 11.4. The molecule has 0 aromatic heterocycles. The summed E-state index contributed by atoms with van der Waals surface area (Å²) in [5, 5.41) is 0. The van der Waals surface area contributed by atoms with E-state index in [2.05, 4.69) is 4.74 Å². The Labute approximate surface area is 116 Å². The Bertz CT molecular complexity index is 532. The summed E-state index contributed by atoms with van der Waals surface area (Å²) in [4.78, 5) is 24.6. The Morgan fingerprint density at radius 1 is 1.50 bits per heavy atom. The number of ether oxygens (including phenoxy) is 2. The molecule has 1 unspecified atom stereocenters. The van der Waals surface area contributed by atoms with E-state index in [4.69, 9.17) is 4.74 Å². The Balaban J connectivity index is 2.20. The lowest BCUT2D eigenvalue weighted by Crippen LogP contribution is -2.27. The van der Waals surface area contributed by atoms with Crippen molar-refractivity contribution in [1.82, 2.24) is 0 Å². The van der Waals surface area contributed by atoms with Crippen LogP contribution < -0.4 is 9.64 Å². The SMILES string of the molecule is CCOc1ccc(N2CC(C(=O)OC)CC2=O)c(F)c1. The molecule has 0 radical (unpaired) electrons. The maximum atomic E-state index is 14.0. The van der Waals surface area contributed by atoms with Gasteiger partial charge in [0, 0.05) is 19.0 Å². The predicted octanol–water partition coefficient (Wildman–Crippen LogP) is 1.75. The minimum Gasteiger partial charge on any atom is -0.494 e. The summed E-state index contributed by atoms with van der Waals surface area (Å²) in [6, 6.07) is 4.32. The first kappa shape index (κ1) is 14.3. The fraction of sp³-hybridized carbons (Fsp3) is 0.429. The zero-order valence-electron chi connectivity index (χ0n) is 11.4. The van der Waals surface area contributed by atoms with Crippen LogP contribution in [0, 0.1) is 11.7 Å². The molecule has 1 amide bonds. The monoisotopic (exact) mass is 281 g/mol. The molecule has 1 aromatic rings. The fourth-order valence-electron chi connectivity index (χ4n) is 2.23. The molecule has 0 aliphatic carbocycles. The van der Waals surface area contributed by atoms with E-state index in [1.54, 1.807) is 13.0 Å². The van der Waals surface area contributed by atoms with E-state index in [9.17, 15) is 14.0 Å². The molecule has 1 fully saturated rings. The van der Waals surface area contributed by atoms with Crippen molar-refractivity contribution in [1.29, 1.82) is 0 Å². The van der Waals surface area contributed by atoms with Gasteiger partial charge in [-0.15, -0.1) is 0 Å². The van der Waals surface area contributed by atoms with Crippen LogP contribution in [-0.4, -0.2) is 32.1 Å². The number of carbonyl (C=O) groups excluding carboxylic acids is 2.